The van der Waals surface area contributed by atoms with Crippen molar-refractivity contribution in [3.05, 3.63) is 35.9 Å². The Bertz CT molecular complexity index is 403. The number of carbonyl (C=O) groups excluding carboxylic acids is 2. The highest BCUT2D eigenvalue weighted by atomic mass is 16.2. The molecule has 0 bridgehead atoms. The molecule has 0 spiro atoms. The first-order valence-electron chi connectivity index (χ1n) is 5.29. The summed E-state index contributed by atoms with van der Waals surface area (Å²) in [6.07, 6.45) is 0. The van der Waals surface area contributed by atoms with E-state index < -0.39 is 6.04 Å². The van der Waals surface area contributed by atoms with Crippen molar-refractivity contribution < 1.29 is 9.59 Å². The fourth-order valence-electron chi connectivity index (χ4n) is 1.81. The summed E-state index contributed by atoms with van der Waals surface area (Å²) in [5, 5.41) is 2.61. The van der Waals surface area contributed by atoms with E-state index in [9.17, 15) is 9.59 Å². The van der Waals surface area contributed by atoms with Crippen molar-refractivity contribution in [2.75, 3.05) is 6.54 Å². The lowest BCUT2D eigenvalue weighted by Crippen LogP contribution is -2.56. The summed E-state index contributed by atoms with van der Waals surface area (Å²) >= 11 is 0. The second-order valence-electron chi connectivity index (χ2n) is 3.97. The molecule has 4 nitrogen and oxygen atoms in total. The lowest BCUT2D eigenvalue weighted by Gasteiger charge is -2.30. The van der Waals surface area contributed by atoms with E-state index in [1.807, 2.05) is 30.3 Å². The first-order valence-corrected chi connectivity index (χ1v) is 5.29. The first kappa shape index (κ1) is 10.7. The summed E-state index contributed by atoms with van der Waals surface area (Å²) in [6, 6.07) is 9.26. The number of hydrogen-bond donors (Lipinski definition) is 1. The van der Waals surface area contributed by atoms with E-state index in [0.29, 0.717) is 6.54 Å². The van der Waals surface area contributed by atoms with E-state index in [1.165, 1.54) is 0 Å². The molecule has 0 aliphatic carbocycles. The molecule has 0 radical (unpaired) electrons. The summed E-state index contributed by atoms with van der Waals surface area (Å²) in [7, 11) is 0. The zero-order valence-corrected chi connectivity index (χ0v) is 9.14. The standard InChI is InChI=1S/C12H14N2O2/c1-9-12(16)14(8-11(15)13-9)7-10-5-3-2-4-6-10/h2-6,9H,7-8H2,1H3,(H,13,15)/t9-/m0/s1. The van der Waals surface area contributed by atoms with Crippen molar-refractivity contribution in [3.8, 4) is 0 Å². The van der Waals surface area contributed by atoms with Crippen LogP contribution in [0.4, 0.5) is 0 Å². The molecule has 16 heavy (non-hydrogen) atoms. The highest BCUT2D eigenvalue weighted by Crippen LogP contribution is 2.08. The molecule has 1 aliphatic rings. The van der Waals surface area contributed by atoms with Gasteiger partial charge in [0.2, 0.25) is 11.8 Å². The van der Waals surface area contributed by atoms with Gasteiger partial charge in [-0.1, -0.05) is 30.3 Å². The van der Waals surface area contributed by atoms with Crippen molar-refractivity contribution in [1.29, 1.82) is 0 Å². The molecule has 0 aromatic heterocycles. The fraction of sp³-hybridized carbons (Fsp3) is 0.333. The summed E-state index contributed by atoms with van der Waals surface area (Å²) in [4.78, 5) is 24.7. The molecule has 1 heterocycles. The Morgan fingerprint density at radius 2 is 2.00 bits per heavy atom. The summed E-state index contributed by atoms with van der Waals surface area (Å²) in [5.74, 6) is -0.119. The third-order valence-corrected chi connectivity index (χ3v) is 2.61. The maximum Gasteiger partial charge on any atom is 0.245 e. The Labute approximate surface area is 94.2 Å². The van der Waals surface area contributed by atoms with Gasteiger partial charge in [-0.15, -0.1) is 0 Å². The third kappa shape index (κ3) is 2.21. The summed E-state index contributed by atoms with van der Waals surface area (Å²) in [6.45, 7) is 2.35. The van der Waals surface area contributed by atoms with Crippen molar-refractivity contribution in [2.24, 2.45) is 0 Å². The lowest BCUT2D eigenvalue weighted by atomic mass is 10.1. The Morgan fingerprint density at radius 1 is 1.31 bits per heavy atom. The Morgan fingerprint density at radius 3 is 2.69 bits per heavy atom. The van der Waals surface area contributed by atoms with Crippen molar-refractivity contribution in [1.82, 2.24) is 10.2 Å². The molecule has 2 amide bonds. The van der Waals surface area contributed by atoms with Crippen LogP contribution in [0, 0.1) is 0 Å². The minimum atomic E-state index is -0.412. The lowest BCUT2D eigenvalue weighted by molar-refractivity contribution is -0.144. The molecular weight excluding hydrogens is 204 g/mol. The van der Waals surface area contributed by atoms with Gasteiger partial charge in [0, 0.05) is 6.54 Å². The molecular formula is C12H14N2O2. The van der Waals surface area contributed by atoms with Gasteiger partial charge in [0.05, 0.1) is 6.54 Å². The predicted octanol–water partition coefficient (Wildman–Crippen LogP) is 0.533. The highest BCUT2D eigenvalue weighted by Gasteiger charge is 2.29. The van der Waals surface area contributed by atoms with Crippen LogP contribution in [0.1, 0.15) is 12.5 Å². The number of carbonyl (C=O) groups is 2. The van der Waals surface area contributed by atoms with Crippen LogP contribution in [0.15, 0.2) is 30.3 Å². The monoisotopic (exact) mass is 218 g/mol. The molecule has 1 aliphatic heterocycles. The highest BCUT2D eigenvalue weighted by molar-refractivity contribution is 5.94. The van der Waals surface area contributed by atoms with Crippen LogP contribution in [0.3, 0.4) is 0 Å². The maximum atomic E-state index is 11.8. The van der Waals surface area contributed by atoms with Gasteiger partial charge in [0.15, 0.2) is 0 Å². The summed E-state index contributed by atoms with van der Waals surface area (Å²) in [5.41, 5.74) is 1.04. The van der Waals surface area contributed by atoms with Crippen molar-refractivity contribution >= 4 is 11.8 Å². The van der Waals surface area contributed by atoms with E-state index >= 15 is 0 Å². The van der Waals surface area contributed by atoms with E-state index in [0.717, 1.165) is 5.56 Å². The Hall–Kier alpha value is -1.84. The van der Waals surface area contributed by atoms with Crippen molar-refractivity contribution in [2.45, 2.75) is 19.5 Å². The van der Waals surface area contributed by atoms with Gasteiger partial charge in [0.1, 0.15) is 6.04 Å². The largest absolute Gasteiger partial charge is 0.343 e. The molecule has 1 aromatic rings. The van der Waals surface area contributed by atoms with Gasteiger partial charge in [-0.05, 0) is 12.5 Å². The average Bonchev–Trinajstić information content (AvgIpc) is 2.27. The SMILES string of the molecule is C[C@@H]1NC(=O)CN(Cc2ccccc2)C1=O. The average molecular weight is 218 g/mol. The minimum absolute atomic E-state index is 0.0246. The number of benzene rings is 1. The van der Waals surface area contributed by atoms with Crippen LogP contribution in [0.2, 0.25) is 0 Å². The summed E-state index contributed by atoms with van der Waals surface area (Å²) < 4.78 is 0. The van der Waals surface area contributed by atoms with Crippen LogP contribution in [-0.4, -0.2) is 29.3 Å². The molecule has 2 rings (SSSR count). The predicted molar refractivity (Wildman–Crippen MR) is 59.5 cm³/mol. The van der Waals surface area contributed by atoms with Crippen LogP contribution < -0.4 is 5.32 Å². The maximum absolute atomic E-state index is 11.8. The van der Waals surface area contributed by atoms with Crippen LogP contribution in [0.25, 0.3) is 0 Å². The van der Waals surface area contributed by atoms with Crippen LogP contribution in [-0.2, 0) is 16.1 Å². The fourth-order valence-corrected chi connectivity index (χ4v) is 1.81. The topological polar surface area (TPSA) is 49.4 Å². The molecule has 0 saturated carbocycles. The second kappa shape index (κ2) is 4.35. The van der Waals surface area contributed by atoms with Crippen LogP contribution in [0.5, 0.6) is 0 Å². The number of piperazine rings is 1. The quantitative estimate of drug-likeness (QED) is 0.787. The van der Waals surface area contributed by atoms with Gasteiger partial charge in [-0.25, -0.2) is 0 Å². The van der Waals surface area contributed by atoms with Gasteiger partial charge in [-0.3, -0.25) is 9.59 Å². The van der Waals surface area contributed by atoms with Gasteiger partial charge in [0.25, 0.3) is 0 Å². The molecule has 84 valence electrons. The molecule has 1 fully saturated rings. The third-order valence-electron chi connectivity index (χ3n) is 2.61. The molecule has 1 aromatic carbocycles. The number of rotatable bonds is 2. The van der Waals surface area contributed by atoms with Crippen molar-refractivity contribution in [3.63, 3.8) is 0 Å². The number of nitrogens with one attached hydrogen (secondary N) is 1. The molecule has 1 atom stereocenters. The zero-order chi connectivity index (χ0) is 11.5. The molecule has 1 N–H and O–H groups in total. The smallest absolute Gasteiger partial charge is 0.245 e. The van der Waals surface area contributed by atoms with Crippen LogP contribution >= 0.6 is 0 Å². The number of nitrogens with zero attached hydrogens (tertiary/aromatic N) is 1. The number of hydrogen-bond acceptors (Lipinski definition) is 2. The van der Waals surface area contributed by atoms with E-state index in [-0.39, 0.29) is 18.4 Å². The second-order valence-corrected chi connectivity index (χ2v) is 3.97. The molecule has 4 heteroatoms. The molecule has 1 saturated heterocycles. The zero-order valence-electron chi connectivity index (χ0n) is 9.14. The van der Waals surface area contributed by atoms with E-state index in [4.69, 9.17) is 0 Å². The molecule has 0 unspecified atom stereocenters. The van der Waals surface area contributed by atoms with E-state index in [2.05, 4.69) is 5.32 Å². The van der Waals surface area contributed by atoms with Gasteiger partial charge < -0.3 is 10.2 Å². The Kier molecular flexibility index (Phi) is 2.90. The van der Waals surface area contributed by atoms with Gasteiger partial charge in [-0.2, -0.15) is 0 Å². The van der Waals surface area contributed by atoms with Gasteiger partial charge >= 0.3 is 0 Å². The minimum Gasteiger partial charge on any atom is -0.343 e. The van der Waals surface area contributed by atoms with E-state index in [1.54, 1.807) is 11.8 Å². The normalized spacial score (nSPS) is 20.8. The first-order chi connectivity index (χ1) is 7.66. The Balaban J connectivity index is 2.09. The number of amides is 2.